The van der Waals surface area contributed by atoms with Gasteiger partial charge in [0.05, 0.1) is 26.3 Å². The van der Waals surface area contributed by atoms with E-state index in [2.05, 4.69) is 10.2 Å². The summed E-state index contributed by atoms with van der Waals surface area (Å²) in [6.07, 6.45) is 5.29. The summed E-state index contributed by atoms with van der Waals surface area (Å²) in [7, 11) is 3.33. The van der Waals surface area contributed by atoms with Crippen LogP contribution in [-0.2, 0) is 12.8 Å². The number of nitrogens with one attached hydrogen (secondary N) is 1. The van der Waals surface area contributed by atoms with Gasteiger partial charge < -0.3 is 19.9 Å². The van der Waals surface area contributed by atoms with E-state index in [1.165, 1.54) is 16.9 Å². The molecule has 0 radical (unpaired) electrons. The molecule has 4 rings (SSSR count). The third kappa shape index (κ3) is 3.98. The molecule has 0 spiro atoms. The molecule has 1 unspecified atom stereocenters. The Morgan fingerprint density at radius 1 is 1.21 bits per heavy atom. The zero-order valence-electron chi connectivity index (χ0n) is 17.2. The number of pyridine rings is 1. The van der Waals surface area contributed by atoms with E-state index in [9.17, 15) is 5.11 Å². The molecular weight excluding hydrogens is 390 g/mol. The van der Waals surface area contributed by atoms with E-state index in [4.69, 9.17) is 26.1 Å². The number of aryl methyl sites for hydroxylation is 1. The first-order valence-electron chi connectivity index (χ1n) is 10.4. The first-order chi connectivity index (χ1) is 14.2. The van der Waals surface area contributed by atoms with Gasteiger partial charge in [-0.25, -0.2) is 0 Å². The molecule has 1 atom stereocenters. The van der Waals surface area contributed by atoms with Gasteiger partial charge in [0.2, 0.25) is 0 Å². The Hall–Kier alpha value is -1.76. The number of nitrogens with zero attached hydrogens (tertiary/aromatic N) is 2. The fourth-order valence-corrected chi connectivity index (χ4v) is 4.92. The Bertz CT molecular complexity index is 864. The predicted molar refractivity (Wildman–Crippen MR) is 117 cm³/mol. The standard InChI is InChI=1S/C22H30ClN3O3/c1-28-20-10-17-19(11-21(20)29-2)25-18-5-3-4-16(18)22(17)24-14-6-8-26(9-7-14)15(12-23)13-27/h10-11,14-15,27H,3-9,12-13H2,1-2H3,(H,24,25). The molecule has 0 saturated carbocycles. The van der Waals surface area contributed by atoms with Crippen molar-refractivity contribution in [1.29, 1.82) is 0 Å². The van der Waals surface area contributed by atoms with Crippen LogP contribution < -0.4 is 14.8 Å². The molecule has 0 bridgehead atoms. The van der Waals surface area contributed by atoms with Gasteiger partial charge in [-0.05, 0) is 43.7 Å². The smallest absolute Gasteiger partial charge is 0.162 e. The molecule has 1 aromatic carbocycles. The fraction of sp³-hybridized carbons (Fsp3) is 0.591. The van der Waals surface area contributed by atoms with Crippen LogP contribution in [0, 0.1) is 0 Å². The Morgan fingerprint density at radius 2 is 1.93 bits per heavy atom. The van der Waals surface area contributed by atoms with Crippen molar-refractivity contribution in [3.8, 4) is 11.5 Å². The number of likely N-dealkylation sites (tertiary alicyclic amines) is 1. The first kappa shape index (κ1) is 20.5. The number of methoxy groups -OCH3 is 2. The van der Waals surface area contributed by atoms with Gasteiger partial charge in [-0.3, -0.25) is 9.88 Å². The molecule has 1 aliphatic carbocycles. The monoisotopic (exact) mass is 419 g/mol. The second kappa shape index (κ2) is 8.94. The molecule has 0 amide bonds. The van der Waals surface area contributed by atoms with Gasteiger partial charge >= 0.3 is 0 Å². The van der Waals surface area contributed by atoms with Crippen LogP contribution in [0.4, 0.5) is 5.69 Å². The maximum Gasteiger partial charge on any atom is 0.162 e. The molecule has 6 nitrogen and oxygen atoms in total. The van der Waals surface area contributed by atoms with E-state index in [0.29, 0.717) is 17.7 Å². The quantitative estimate of drug-likeness (QED) is 0.672. The van der Waals surface area contributed by atoms with Gasteiger partial charge in [-0.1, -0.05) is 0 Å². The number of benzene rings is 1. The van der Waals surface area contributed by atoms with Crippen molar-refractivity contribution in [2.75, 3.05) is 45.1 Å². The van der Waals surface area contributed by atoms with Crippen LogP contribution in [0.5, 0.6) is 11.5 Å². The Labute approximate surface area is 177 Å². The zero-order chi connectivity index (χ0) is 20.4. The second-order valence-corrected chi connectivity index (χ2v) is 8.24. The summed E-state index contributed by atoms with van der Waals surface area (Å²) in [5.41, 5.74) is 4.71. The van der Waals surface area contributed by atoms with Crippen LogP contribution in [0.1, 0.15) is 30.5 Å². The minimum absolute atomic E-state index is 0.0559. The Morgan fingerprint density at radius 3 is 2.59 bits per heavy atom. The largest absolute Gasteiger partial charge is 0.493 e. The zero-order valence-corrected chi connectivity index (χ0v) is 18.0. The average molecular weight is 420 g/mol. The minimum Gasteiger partial charge on any atom is -0.493 e. The van der Waals surface area contributed by atoms with Crippen LogP contribution in [0.15, 0.2) is 12.1 Å². The number of halogens is 1. The summed E-state index contributed by atoms with van der Waals surface area (Å²) < 4.78 is 11.0. The summed E-state index contributed by atoms with van der Waals surface area (Å²) in [5, 5.41) is 14.5. The Kier molecular flexibility index (Phi) is 6.32. The lowest BCUT2D eigenvalue weighted by Gasteiger charge is -2.37. The lowest BCUT2D eigenvalue weighted by molar-refractivity contribution is 0.113. The number of alkyl halides is 1. The van der Waals surface area contributed by atoms with E-state index in [0.717, 1.165) is 61.8 Å². The van der Waals surface area contributed by atoms with Crippen LogP contribution in [0.2, 0.25) is 0 Å². The first-order valence-corrected chi connectivity index (χ1v) is 11.0. The third-order valence-corrected chi connectivity index (χ3v) is 6.66. The van der Waals surface area contributed by atoms with E-state index < -0.39 is 0 Å². The molecule has 2 N–H and O–H groups in total. The molecular formula is C22H30ClN3O3. The number of fused-ring (bicyclic) bond motifs is 2. The molecule has 2 heterocycles. The molecule has 2 aliphatic rings. The number of ether oxygens (including phenoxy) is 2. The Balaban J connectivity index is 1.63. The average Bonchev–Trinajstić information content (AvgIpc) is 3.23. The van der Waals surface area contributed by atoms with E-state index in [1.807, 2.05) is 12.1 Å². The van der Waals surface area contributed by atoms with Crippen molar-refractivity contribution in [2.24, 2.45) is 0 Å². The van der Waals surface area contributed by atoms with Gasteiger partial charge in [0.1, 0.15) is 0 Å². The van der Waals surface area contributed by atoms with Gasteiger partial charge in [-0.15, -0.1) is 11.6 Å². The highest BCUT2D eigenvalue weighted by Gasteiger charge is 2.27. The molecule has 1 saturated heterocycles. The number of hydrogen-bond acceptors (Lipinski definition) is 6. The van der Waals surface area contributed by atoms with E-state index >= 15 is 0 Å². The van der Waals surface area contributed by atoms with Gasteiger partial charge in [0.25, 0.3) is 0 Å². The number of aromatic nitrogens is 1. The number of aliphatic hydroxyl groups is 1. The fourth-order valence-electron chi connectivity index (χ4n) is 4.63. The highest BCUT2D eigenvalue weighted by Crippen LogP contribution is 2.40. The molecule has 1 aliphatic heterocycles. The lowest BCUT2D eigenvalue weighted by Crippen LogP contribution is -2.47. The van der Waals surface area contributed by atoms with Crippen molar-refractivity contribution in [1.82, 2.24) is 9.88 Å². The highest BCUT2D eigenvalue weighted by atomic mass is 35.5. The SMILES string of the molecule is COc1cc2nc3c(c(NC4CCN(C(CO)CCl)CC4)c2cc1OC)CCC3. The molecule has 158 valence electrons. The van der Waals surface area contributed by atoms with Gasteiger partial charge in [0.15, 0.2) is 11.5 Å². The molecule has 1 fully saturated rings. The van der Waals surface area contributed by atoms with Gasteiger partial charge in [-0.2, -0.15) is 0 Å². The van der Waals surface area contributed by atoms with E-state index in [-0.39, 0.29) is 12.6 Å². The normalized spacial score (nSPS) is 18.6. The van der Waals surface area contributed by atoms with Crippen LogP contribution in [0.25, 0.3) is 10.9 Å². The number of anilines is 1. The van der Waals surface area contributed by atoms with Crippen LogP contribution in [0.3, 0.4) is 0 Å². The number of rotatable bonds is 7. The van der Waals surface area contributed by atoms with Crippen molar-refractivity contribution >= 4 is 28.2 Å². The summed E-state index contributed by atoms with van der Waals surface area (Å²) in [6, 6.07) is 4.48. The summed E-state index contributed by atoms with van der Waals surface area (Å²) >= 11 is 6.00. The number of aliphatic hydroxyl groups excluding tert-OH is 1. The number of piperidine rings is 1. The third-order valence-electron chi connectivity index (χ3n) is 6.30. The van der Waals surface area contributed by atoms with Crippen molar-refractivity contribution in [3.05, 3.63) is 23.4 Å². The maximum absolute atomic E-state index is 9.52. The molecule has 2 aromatic rings. The predicted octanol–water partition coefficient (Wildman–Crippen LogP) is 3.22. The maximum atomic E-state index is 9.52. The van der Waals surface area contributed by atoms with Crippen LogP contribution in [-0.4, -0.2) is 66.9 Å². The van der Waals surface area contributed by atoms with Gasteiger partial charge in [0, 0.05) is 53.9 Å². The number of hydrogen-bond donors (Lipinski definition) is 2. The molecule has 29 heavy (non-hydrogen) atoms. The van der Waals surface area contributed by atoms with Crippen molar-refractivity contribution in [2.45, 2.75) is 44.2 Å². The van der Waals surface area contributed by atoms with Crippen molar-refractivity contribution in [3.63, 3.8) is 0 Å². The summed E-state index contributed by atoms with van der Waals surface area (Å²) in [4.78, 5) is 7.22. The molecule has 7 heteroatoms. The second-order valence-electron chi connectivity index (χ2n) is 7.94. The van der Waals surface area contributed by atoms with Crippen molar-refractivity contribution < 1.29 is 14.6 Å². The molecule has 1 aromatic heterocycles. The minimum atomic E-state index is 0.0559. The van der Waals surface area contributed by atoms with Crippen LogP contribution >= 0.6 is 11.6 Å². The highest BCUT2D eigenvalue weighted by molar-refractivity contribution is 6.18. The summed E-state index contributed by atoms with van der Waals surface area (Å²) in [5.74, 6) is 1.91. The summed E-state index contributed by atoms with van der Waals surface area (Å²) in [6.45, 7) is 2.00. The lowest BCUT2D eigenvalue weighted by atomic mass is 10.0. The van der Waals surface area contributed by atoms with E-state index in [1.54, 1.807) is 14.2 Å². The topological polar surface area (TPSA) is 66.9 Å².